The van der Waals surface area contributed by atoms with E-state index in [0.29, 0.717) is 5.75 Å². The van der Waals surface area contributed by atoms with Gasteiger partial charge in [0.2, 0.25) is 0 Å². The van der Waals surface area contributed by atoms with Crippen LogP contribution in [0, 0.1) is 0 Å². The Morgan fingerprint density at radius 3 is 2.56 bits per heavy atom. The van der Waals surface area contributed by atoms with Gasteiger partial charge in [0.05, 0.1) is 6.26 Å². The highest BCUT2D eigenvalue weighted by molar-refractivity contribution is 5.75. The van der Waals surface area contributed by atoms with Crippen molar-refractivity contribution in [3.8, 4) is 17.1 Å². The van der Waals surface area contributed by atoms with Crippen molar-refractivity contribution < 1.29 is 13.9 Å². The standard InChI is InChI=1S/C12H11NO3/c13-12(14)8-16-10-5-3-9(4-6-10)11-2-1-7-15-11/h1-7H,8H2,(H2,13,14). The molecule has 2 N–H and O–H groups in total. The van der Waals surface area contributed by atoms with E-state index in [9.17, 15) is 4.79 Å². The van der Waals surface area contributed by atoms with Crippen LogP contribution in [0.5, 0.6) is 5.75 Å². The second-order valence-corrected chi connectivity index (χ2v) is 3.26. The Balaban J connectivity index is 2.08. The fraction of sp³-hybridized carbons (Fsp3) is 0.0833. The first-order valence-electron chi connectivity index (χ1n) is 4.81. The minimum Gasteiger partial charge on any atom is -0.484 e. The molecule has 16 heavy (non-hydrogen) atoms. The maximum atomic E-state index is 10.5. The van der Waals surface area contributed by atoms with Crippen molar-refractivity contribution in [2.45, 2.75) is 0 Å². The van der Waals surface area contributed by atoms with Crippen LogP contribution in [0.25, 0.3) is 11.3 Å². The molecule has 0 aliphatic heterocycles. The highest BCUT2D eigenvalue weighted by Gasteiger charge is 2.01. The molecule has 0 radical (unpaired) electrons. The number of benzene rings is 1. The molecule has 1 heterocycles. The molecule has 82 valence electrons. The van der Waals surface area contributed by atoms with Gasteiger partial charge >= 0.3 is 0 Å². The summed E-state index contributed by atoms with van der Waals surface area (Å²) in [7, 11) is 0. The normalized spacial score (nSPS) is 10.0. The van der Waals surface area contributed by atoms with E-state index in [0.717, 1.165) is 11.3 Å². The van der Waals surface area contributed by atoms with Crippen molar-refractivity contribution >= 4 is 5.91 Å². The Morgan fingerprint density at radius 1 is 1.25 bits per heavy atom. The molecule has 2 aromatic rings. The van der Waals surface area contributed by atoms with E-state index in [2.05, 4.69) is 0 Å². The summed E-state index contributed by atoms with van der Waals surface area (Å²) >= 11 is 0. The van der Waals surface area contributed by atoms with Gasteiger partial charge in [-0.05, 0) is 36.4 Å². The third-order valence-corrected chi connectivity index (χ3v) is 2.04. The molecule has 0 aliphatic carbocycles. The molecule has 0 saturated heterocycles. The van der Waals surface area contributed by atoms with Crippen molar-refractivity contribution in [2.75, 3.05) is 6.61 Å². The van der Waals surface area contributed by atoms with Gasteiger partial charge in [0.15, 0.2) is 6.61 Å². The van der Waals surface area contributed by atoms with Gasteiger partial charge < -0.3 is 14.9 Å². The second-order valence-electron chi connectivity index (χ2n) is 3.26. The van der Waals surface area contributed by atoms with Gasteiger partial charge in [-0.1, -0.05) is 0 Å². The molecule has 0 unspecified atom stereocenters. The molecule has 1 amide bonds. The average molecular weight is 217 g/mol. The Labute approximate surface area is 92.6 Å². The van der Waals surface area contributed by atoms with Crippen LogP contribution in [-0.4, -0.2) is 12.5 Å². The zero-order chi connectivity index (χ0) is 11.4. The molecule has 2 rings (SSSR count). The van der Waals surface area contributed by atoms with Crippen molar-refractivity contribution in [1.82, 2.24) is 0 Å². The Kier molecular flexibility index (Phi) is 2.91. The van der Waals surface area contributed by atoms with Gasteiger partial charge in [0, 0.05) is 5.56 Å². The van der Waals surface area contributed by atoms with Crippen LogP contribution in [0.4, 0.5) is 0 Å². The minimum atomic E-state index is -0.491. The number of ether oxygens (including phenoxy) is 1. The average Bonchev–Trinajstić information content (AvgIpc) is 2.80. The molecule has 0 spiro atoms. The lowest BCUT2D eigenvalue weighted by Gasteiger charge is -2.03. The van der Waals surface area contributed by atoms with Crippen molar-refractivity contribution in [2.24, 2.45) is 5.73 Å². The van der Waals surface area contributed by atoms with Crippen molar-refractivity contribution in [1.29, 1.82) is 0 Å². The fourth-order valence-corrected chi connectivity index (χ4v) is 1.31. The first kappa shape index (κ1) is 10.3. The predicted molar refractivity (Wildman–Crippen MR) is 58.8 cm³/mol. The van der Waals surface area contributed by atoms with Crippen LogP contribution >= 0.6 is 0 Å². The van der Waals surface area contributed by atoms with Gasteiger partial charge in [0.1, 0.15) is 11.5 Å². The quantitative estimate of drug-likeness (QED) is 0.849. The van der Waals surface area contributed by atoms with Crippen LogP contribution in [0.1, 0.15) is 0 Å². The first-order valence-corrected chi connectivity index (χ1v) is 4.81. The highest BCUT2D eigenvalue weighted by atomic mass is 16.5. The monoisotopic (exact) mass is 217 g/mol. The summed E-state index contributed by atoms with van der Waals surface area (Å²) in [6.07, 6.45) is 1.62. The summed E-state index contributed by atoms with van der Waals surface area (Å²) < 4.78 is 10.4. The van der Waals surface area contributed by atoms with E-state index >= 15 is 0 Å². The smallest absolute Gasteiger partial charge is 0.255 e. The summed E-state index contributed by atoms with van der Waals surface area (Å²) in [5.41, 5.74) is 5.92. The van der Waals surface area contributed by atoms with Gasteiger partial charge in [0.25, 0.3) is 5.91 Å². The number of nitrogens with two attached hydrogens (primary N) is 1. The van der Waals surface area contributed by atoms with Crippen LogP contribution in [0.3, 0.4) is 0 Å². The molecule has 4 nitrogen and oxygen atoms in total. The van der Waals surface area contributed by atoms with Gasteiger partial charge in [-0.2, -0.15) is 0 Å². The number of primary amides is 1. The molecule has 0 atom stereocenters. The molecule has 4 heteroatoms. The topological polar surface area (TPSA) is 65.5 Å². The fourth-order valence-electron chi connectivity index (χ4n) is 1.31. The maximum absolute atomic E-state index is 10.5. The molecule has 1 aromatic heterocycles. The summed E-state index contributed by atoms with van der Waals surface area (Å²) in [5, 5.41) is 0. The molecule has 0 fully saturated rings. The van der Waals surface area contributed by atoms with Crippen LogP contribution < -0.4 is 10.5 Å². The van der Waals surface area contributed by atoms with E-state index in [1.807, 2.05) is 24.3 Å². The lowest BCUT2D eigenvalue weighted by atomic mass is 10.2. The Hall–Kier alpha value is -2.23. The van der Waals surface area contributed by atoms with Crippen LogP contribution in [0.15, 0.2) is 47.1 Å². The van der Waals surface area contributed by atoms with Gasteiger partial charge in [-0.25, -0.2) is 0 Å². The Morgan fingerprint density at radius 2 is 2.00 bits per heavy atom. The SMILES string of the molecule is NC(=O)COc1ccc(-c2ccco2)cc1. The number of rotatable bonds is 4. The molecular weight excluding hydrogens is 206 g/mol. The van der Waals surface area contributed by atoms with E-state index in [1.54, 1.807) is 18.4 Å². The zero-order valence-electron chi connectivity index (χ0n) is 8.55. The molecule has 0 bridgehead atoms. The van der Waals surface area contributed by atoms with E-state index < -0.39 is 5.91 Å². The van der Waals surface area contributed by atoms with Gasteiger partial charge in [-0.3, -0.25) is 4.79 Å². The highest BCUT2D eigenvalue weighted by Crippen LogP contribution is 2.22. The third-order valence-electron chi connectivity index (χ3n) is 2.04. The molecule has 1 aromatic carbocycles. The van der Waals surface area contributed by atoms with E-state index in [1.165, 1.54) is 0 Å². The maximum Gasteiger partial charge on any atom is 0.255 e. The minimum absolute atomic E-state index is 0.111. The number of hydrogen-bond donors (Lipinski definition) is 1. The van der Waals surface area contributed by atoms with Crippen LogP contribution in [-0.2, 0) is 4.79 Å². The lowest BCUT2D eigenvalue weighted by Crippen LogP contribution is -2.19. The largest absolute Gasteiger partial charge is 0.484 e. The molecule has 0 aliphatic rings. The Bertz CT molecular complexity index is 460. The van der Waals surface area contributed by atoms with Gasteiger partial charge in [-0.15, -0.1) is 0 Å². The number of hydrogen-bond acceptors (Lipinski definition) is 3. The summed E-state index contributed by atoms with van der Waals surface area (Å²) in [5.74, 6) is 0.908. The summed E-state index contributed by atoms with van der Waals surface area (Å²) in [6.45, 7) is -0.111. The van der Waals surface area contributed by atoms with Crippen molar-refractivity contribution in [3.05, 3.63) is 42.7 Å². The predicted octanol–water partition coefficient (Wildman–Crippen LogP) is 1.81. The van der Waals surface area contributed by atoms with E-state index in [4.69, 9.17) is 14.9 Å². The summed E-state index contributed by atoms with van der Waals surface area (Å²) in [4.78, 5) is 10.5. The zero-order valence-corrected chi connectivity index (χ0v) is 8.55. The number of furan rings is 1. The summed E-state index contributed by atoms with van der Waals surface area (Å²) in [6, 6.07) is 10.9. The van der Waals surface area contributed by atoms with E-state index in [-0.39, 0.29) is 6.61 Å². The first-order chi connectivity index (χ1) is 7.75. The van der Waals surface area contributed by atoms with Crippen molar-refractivity contribution in [3.63, 3.8) is 0 Å². The number of carbonyl (C=O) groups excluding carboxylic acids is 1. The number of carbonyl (C=O) groups is 1. The molecular formula is C12H11NO3. The lowest BCUT2D eigenvalue weighted by molar-refractivity contribution is -0.119. The third kappa shape index (κ3) is 2.42. The second kappa shape index (κ2) is 4.53. The number of amides is 1. The van der Waals surface area contributed by atoms with Crippen LogP contribution in [0.2, 0.25) is 0 Å². The molecule has 0 saturated carbocycles.